The molecule has 5 nitrogen and oxygen atoms in total. The number of phenolic OH excluding ortho intramolecular Hbond substituents is 1. The molecule has 1 aliphatic heterocycles. The van der Waals surface area contributed by atoms with Crippen molar-refractivity contribution in [1.29, 1.82) is 0 Å². The van der Waals surface area contributed by atoms with E-state index in [2.05, 4.69) is 38.1 Å². The fourth-order valence-corrected chi connectivity index (χ4v) is 5.87. The third-order valence-electron chi connectivity index (χ3n) is 5.36. The topological polar surface area (TPSA) is 78.4 Å². The van der Waals surface area contributed by atoms with Crippen LogP contribution in [0.2, 0.25) is 0 Å². The van der Waals surface area contributed by atoms with Crippen LogP contribution in [0.25, 0.3) is 0 Å². The third-order valence-corrected chi connectivity index (χ3v) is 7.51. The van der Waals surface area contributed by atoms with E-state index in [1.807, 2.05) is 32.0 Å². The number of sulfonamides is 1. The van der Waals surface area contributed by atoms with Crippen LogP contribution in [-0.2, 0) is 10.0 Å². The maximum atomic E-state index is 12.6. The smallest absolute Gasteiger partial charge is 0.240 e. The molecule has 0 saturated carbocycles. The highest BCUT2D eigenvalue weighted by Crippen LogP contribution is 2.51. The van der Waals surface area contributed by atoms with Gasteiger partial charge in [0.25, 0.3) is 0 Å². The summed E-state index contributed by atoms with van der Waals surface area (Å²) in [5, 5.41) is 14.0. The molecule has 0 bridgehead atoms. The number of fused-ring (bicyclic) bond motifs is 3. The monoisotopic (exact) mass is 462 g/mol. The number of nitrogens with one attached hydrogen (secondary N) is 2. The van der Waals surface area contributed by atoms with Crippen LogP contribution in [0.3, 0.4) is 0 Å². The van der Waals surface area contributed by atoms with Crippen LogP contribution < -0.4 is 10.0 Å². The van der Waals surface area contributed by atoms with Gasteiger partial charge < -0.3 is 10.4 Å². The maximum absolute atomic E-state index is 12.6. The number of phenols is 1. The molecule has 1 aliphatic carbocycles. The fourth-order valence-electron chi connectivity index (χ4n) is 4.20. The first-order valence-electron chi connectivity index (χ1n) is 9.34. The Balaban J connectivity index is 1.76. The molecule has 7 heteroatoms. The van der Waals surface area contributed by atoms with Crippen molar-refractivity contribution < 1.29 is 13.5 Å². The Morgan fingerprint density at radius 3 is 2.71 bits per heavy atom. The summed E-state index contributed by atoms with van der Waals surface area (Å²) >= 11 is 3.49. The van der Waals surface area contributed by atoms with E-state index < -0.39 is 10.0 Å². The molecule has 0 aromatic heterocycles. The van der Waals surface area contributed by atoms with E-state index in [0.29, 0.717) is 0 Å². The van der Waals surface area contributed by atoms with Gasteiger partial charge in [0, 0.05) is 27.7 Å². The molecule has 1 heterocycles. The first-order chi connectivity index (χ1) is 13.3. The van der Waals surface area contributed by atoms with Gasteiger partial charge >= 0.3 is 0 Å². The van der Waals surface area contributed by atoms with E-state index in [0.717, 1.165) is 27.7 Å². The zero-order valence-electron chi connectivity index (χ0n) is 15.7. The summed E-state index contributed by atoms with van der Waals surface area (Å²) in [6.07, 6.45) is 5.16. The van der Waals surface area contributed by atoms with Crippen molar-refractivity contribution in [2.75, 3.05) is 5.32 Å². The van der Waals surface area contributed by atoms with Gasteiger partial charge in [0.15, 0.2) is 0 Å². The number of rotatable bonds is 4. The van der Waals surface area contributed by atoms with Crippen molar-refractivity contribution in [1.82, 2.24) is 4.72 Å². The highest BCUT2D eigenvalue weighted by atomic mass is 79.9. The van der Waals surface area contributed by atoms with Gasteiger partial charge in [-0.25, -0.2) is 13.1 Å². The quantitative estimate of drug-likeness (QED) is 0.576. The molecule has 0 saturated heterocycles. The Morgan fingerprint density at radius 1 is 1.18 bits per heavy atom. The Hall–Kier alpha value is -1.83. The Kier molecular flexibility index (Phi) is 5.02. The van der Waals surface area contributed by atoms with Gasteiger partial charge in [0.05, 0.1) is 10.9 Å². The zero-order valence-corrected chi connectivity index (χ0v) is 18.1. The van der Waals surface area contributed by atoms with Crippen molar-refractivity contribution in [2.45, 2.75) is 43.2 Å². The van der Waals surface area contributed by atoms with Gasteiger partial charge in [0.2, 0.25) is 10.0 Å². The molecule has 2 aromatic rings. The normalized spacial score (nSPS) is 23.4. The summed E-state index contributed by atoms with van der Waals surface area (Å²) in [6.45, 7) is 3.62. The minimum Gasteiger partial charge on any atom is -0.508 e. The number of hydrogen-bond acceptors (Lipinski definition) is 4. The Morgan fingerprint density at radius 2 is 1.96 bits per heavy atom. The second kappa shape index (κ2) is 7.21. The molecular formula is C21H23BrN2O3S. The van der Waals surface area contributed by atoms with Crippen LogP contribution in [0.15, 0.2) is 57.9 Å². The van der Waals surface area contributed by atoms with E-state index in [4.69, 9.17) is 0 Å². The molecule has 3 N–H and O–H groups in total. The van der Waals surface area contributed by atoms with Crippen LogP contribution in [-0.4, -0.2) is 19.6 Å². The summed E-state index contributed by atoms with van der Waals surface area (Å²) in [6, 6.07) is 10.5. The lowest BCUT2D eigenvalue weighted by atomic mass is 9.77. The molecule has 0 fully saturated rings. The van der Waals surface area contributed by atoms with Gasteiger partial charge in [-0.05, 0) is 68.1 Å². The molecular weight excluding hydrogens is 440 g/mol. The molecule has 148 valence electrons. The molecule has 3 atom stereocenters. The van der Waals surface area contributed by atoms with E-state index in [1.54, 1.807) is 18.2 Å². The number of allylic oxidation sites excluding steroid dienone is 2. The Labute approximate surface area is 174 Å². The molecule has 28 heavy (non-hydrogen) atoms. The SMILES string of the molecule is CC(C)NS(=O)(=O)c1ccc2c(c1)C1C=CCC1C(c1cc(Br)ccc1O)N2. The van der Waals surface area contributed by atoms with Gasteiger partial charge in [-0.3, -0.25) is 0 Å². The number of hydrogen-bond donors (Lipinski definition) is 3. The van der Waals surface area contributed by atoms with Crippen molar-refractivity contribution in [3.8, 4) is 5.75 Å². The van der Waals surface area contributed by atoms with E-state index in [9.17, 15) is 13.5 Å². The van der Waals surface area contributed by atoms with Crippen LogP contribution in [0.5, 0.6) is 5.75 Å². The van der Waals surface area contributed by atoms with Crippen LogP contribution in [0, 0.1) is 5.92 Å². The first-order valence-corrected chi connectivity index (χ1v) is 11.6. The van der Waals surface area contributed by atoms with Gasteiger partial charge in [-0.15, -0.1) is 0 Å². The highest BCUT2D eigenvalue weighted by Gasteiger charge is 2.39. The van der Waals surface area contributed by atoms with Gasteiger partial charge in [-0.1, -0.05) is 28.1 Å². The van der Waals surface area contributed by atoms with E-state index in [1.165, 1.54) is 0 Å². The number of aromatic hydroxyl groups is 1. The van der Waals surface area contributed by atoms with Crippen molar-refractivity contribution in [2.24, 2.45) is 5.92 Å². The third kappa shape index (κ3) is 3.47. The summed E-state index contributed by atoms with van der Waals surface area (Å²) in [5.74, 6) is 0.577. The van der Waals surface area contributed by atoms with Gasteiger partial charge in [0.1, 0.15) is 5.75 Å². The molecule has 2 aromatic carbocycles. The number of benzene rings is 2. The van der Waals surface area contributed by atoms with Crippen LogP contribution >= 0.6 is 15.9 Å². The summed E-state index contributed by atoms with van der Waals surface area (Å²) in [4.78, 5) is 0.282. The lowest BCUT2D eigenvalue weighted by Gasteiger charge is -2.38. The first kappa shape index (κ1) is 19.5. The predicted octanol–water partition coefficient (Wildman–Crippen LogP) is 4.67. The maximum Gasteiger partial charge on any atom is 0.240 e. The standard InChI is InChI=1S/C21H23BrN2O3S/c1-12(2)24-28(26,27)14-7-8-19-17(11-14)15-4-3-5-16(15)21(23-19)18-10-13(22)6-9-20(18)25/h3-4,6-12,15-16,21,23-25H,5H2,1-2H3. The second-order valence-corrected chi connectivity index (χ2v) is 10.3. The summed E-state index contributed by atoms with van der Waals surface area (Å²) in [5.41, 5.74) is 2.73. The summed E-state index contributed by atoms with van der Waals surface area (Å²) in [7, 11) is -3.55. The molecule has 2 aliphatic rings. The molecule has 0 spiro atoms. The zero-order chi connectivity index (χ0) is 20.1. The van der Waals surface area contributed by atoms with E-state index >= 15 is 0 Å². The fraction of sp³-hybridized carbons (Fsp3) is 0.333. The largest absolute Gasteiger partial charge is 0.508 e. The van der Waals surface area contributed by atoms with Gasteiger partial charge in [-0.2, -0.15) is 0 Å². The summed E-state index contributed by atoms with van der Waals surface area (Å²) < 4.78 is 28.8. The lowest BCUT2D eigenvalue weighted by Crippen LogP contribution is -2.32. The number of anilines is 1. The van der Waals surface area contributed by atoms with Crippen LogP contribution in [0.4, 0.5) is 5.69 Å². The van der Waals surface area contributed by atoms with Crippen molar-refractivity contribution >= 4 is 31.6 Å². The molecule has 3 unspecified atom stereocenters. The number of halogens is 1. The minimum atomic E-state index is -3.55. The molecule has 0 radical (unpaired) electrons. The Bertz CT molecular complexity index is 1050. The van der Waals surface area contributed by atoms with E-state index in [-0.39, 0.29) is 34.6 Å². The van der Waals surface area contributed by atoms with Crippen LogP contribution in [0.1, 0.15) is 43.4 Å². The highest BCUT2D eigenvalue weighted by molar-refractivity contribution is 9.10. The second-order valence-electron chi connectivity index (χ2n) is 7.70. The molecule has 0 amide bonds. The van der Waals surface area contributed by atoms with Crippen molar-refractivity contribution in [3.63, 3.8) is 0 Å². The van der Waals surface area contributed by atoms with Crippen molar-refractivity contribution in [3.05, 3.63) is 64.1 Å². The average Bonchev–Trinajstić information content (AvgIpc) is 3.12. The minimum absolute atomic E-state index is 0.0544. The lowest BCUT2D eigenvalue weighted by molar-refractivity contribution is 0.402. The average molecular weight is 463 g/mol. The predicted molar refractivity (Wildman–Crippen MR) is 114 cm³/mol. The molecule has 4 rings (SSSR count).